The van der Waals surface area contributed by atoms with Gasteiger partial charge in [0.25, 0.3) is 0 Å². The number of nitrogens with one attached hydrogen (secondary N) is 1. The van der Waals surface area contributed by atoms with E-state index in [9.17, 15) is 10.4 Å². The fraction of sp³-hybridized carbons (Fsp3) is 0.273. The molecular formula is C22H19N5OS2. The molecule has 1 aliphatic carbocycles. The molecular weight excluding hydrogens is 414 g/mol. The topological polar surface area (TPSA) is 98.5 Å². The van der Waals surface area contributed by atoms with Gasteiger partial charge < -0.3 is 10.1 Å². The van der Waals surface area contributed by atoms with Crippen molar-refractivity contribution in [1.29, 1.82) is 5.26 Å². The van der Waals surface area contributed by atoms with Gasteiger partial charge in [0.2, 0.25) is 0 Å². The van der Waals surface area contributed by atoms with Crippen molar-refractivity contribution >= 4 is 49.9 Å². The molecule has 8 heteroatoms. The van der Waals surface area contributed by atoms with E-state index in [1.54, 1.807) is 11.3 Å². The predicted molar refractivity (Wildman–Crippen MR) is 121 cm³/mol. The first-order valence-electron chi connectivity index (χ1n) is 9.83. The lowest BCUT2D eigenvalue weighted by Crippen LogP contribution is -2.00. The summed E-state index contributed by atoms with van der Waals surface area (Å²) in [6.07, 6.45) is 4.57. The largest absolute Gasteiger partial charge is 0.510 e. The molecule has 0 unspecified atom stereocenters. The molecule has 0 spiro atoms. The number of aromatic amines is 1. The van der Waals surface area contributed by atoms with Gasteiger partial charge in [-0.25, -0.2) is 15.0 Å². The molecule has 0 atom stereocenters. The fourth-order valence-electron chi connectivity index (χ4n) is 3.86. The van der Waals surface area contributed by atoms with Crippen molar-refractivity contribution < 1.29 is 5.11 Å². The van der Waals surface area contributed by atoms with Gasteiger partial charge in [-0.1, -0.05) is 23.9 Å². The number of aromatic nitrogens is 4. The first kappa shape index (κ1) is 19.1. The Hall–Kier alpha value is -2.89. The Kier molecular flexibility index (Phi) is 4.93. The minimum absolute atomic E-state index is 0.00457. The summed E-state index contributed by atoms with van der Waals surface area (Å²) < 4.78 is 0. The molecule has 0 saturated heterocycles. The molecule has 0 radical (unpaired) electrons. The normalized spacial score (nSPS) is 14.5. The molecule has 5 rings (SSSR count). The number of imidazole rings is 1. The van der Waals surface area contributed by atoms with Crippen LogP contribution >= 0.6 is 23.1 Å². The number of hydrogen-bond acceptors (Lipinski definition) is 7. The maximum atomic E-state index is 10.7. The number of hydrogen-bond donors (Lipinski definition) is 2. The van der Waals surface area contributed by atoms with Gasteiger partial charge in [0, 0.05) is 10.3 Å². The third-order valence-corrected chi connectivity index (χ3v) is 7.44. The van der Waals surface area contributed by atoms with Crippen molar-refractivity contribution in [3.8, 4) is 6.07 Å². The zero-order valence-electron chi connectivity index (χ0n) is 16.4. The molecule has 0 amide bonds. The zero-order chi connectivity index (χ0) is 20.7. The van der Waals surface area contributed by atoms with Crippen LogP contribution in [0.4, 0.5) is 0 Å². The summed E-state index contributed by atoms with van der Waals surface area (Å²) in [5, 5.41) is 22.4. The van der Waals surface area contributed by atoms with Gasteiger partial charge in [0.05, 0.1) is 16.8 Å². The second-order valence-corrected chi connectivity index (χ2v) is 9.34. The molecule has 3 heterocycles. The van der Waals surface area contributed by atoms with Gasteiger partial charge in [0.1, 0.15) is 33.1 Å². The number of thioether (sulfide) groups is 1. The van der Waals surface area contributed by atoms with Crippen LogP contribution in [0, 0.1) is 18.3 Å². The molecule has 0 fully saturated rings. The summed E-state index contributed by atoms with van der Waals surface area (Å²) in [6, 6.07) is 9.66. The van der Waals surface area contributed by atoms with Crippen molar-refractivity contribution in [3.63, 3.8) is 0 Å². The molecule has 1 aliphatic rings. The molecule has 4 aromatic rings. The highest BCUT2D eigenvalue weighted by atomic mass is 32.2. The number of aryl methyl sites for hydroxylation is 3. The van der Waals surface area contributed by atoms with Gasteiger partial charge in [-0.05, 0) is 50.3 Å². The fourth-order valence-corrected chi connectivity index (χ4v) is 6.21. The molecule has 2 N–H and O–H groups in total. The van der Waals surface area contributed by atoms with E-state index in [1.807, 2.05) is 31.2 Å². The standard InChI is InChI=1S/C22H19N5OS2/c1-12-24-21(19-13-6-2-5-9-18(13)30-22(19)25-12)29-11-17(28)14(10-23)20-26-15-7-3-4-8-16(15)27-20/h3-4,7-8,28H,2,5-6,9,11H2,1H3,(H,26,27). The number of aliphatic hydroxyl groups excluding tert-OH is 1. The van der Waals surface area contributed by atoms with E-state index in [4.69, 9.17) is 0 Å². The van der Waals surface area contributed by atoms with Crippen molar-refractivity contribution in [2.24, 2.45) is 0 Å². The van der Waals surface area contributed by atoms with Crippen molar-refractivity contribution in [1.82, 2.24) is 19.9 Å². The Labute approximate surface area is 181 Å². The van der Waals surface area contributed by atoms with Crippen LogP contribution in [-0.2, 0) is 12.8 Å². The first-order valence-corrected chi connectivity index (χ1v) is 11.6. The maximum Gasteiger partial charge on any atom is 0.152 e. The van der Waals surface area contributed by atoms with Gasteiger partial charge in [-0.3, -0.25) is 0 Å². The summed E-state index contributed by atoms with van der Waals surface area (Å²) in [4.78, 5) is 19.3. The van der Waals surface area contributed by atoms with Gasteiger partial charge in [-0.2, -0.15) is 5.26 Å². The minimum atomic E-state index is -0.00457. The number of thiophene rings is 1. The predicted octanol–water partition coefficient (Wildman–Crippen LogP) is 5.34. The van der Waals surface area contributed by atoms with Crippen LogP contribution in [0.15, 0.2) is 35.1 Å². The third-order valence-electron chi connectivity index (χ3n) is 5.27. The number of nitriles is 1. The van der Waals surface area contributed by atoms with Gasteiger partial charge >= 0.3 is 0 Å². The van der Waals surface area contributed by atoms with E-state index in [1.165, 1.54) is 35.0 Å². The van der Waals surface area contributed by atoms with Gasteiger partial charge in [-0.15, -0.1) is 11.3 Å². The average Bonchev–Trinajstić information content (AvgIpc) is 3.33. The van der Waals surface area contributed by atoms with Crippen LogP contribution in [0.2, 0.25) is 0 Å². The number of aliphatic hydroxyl groups is 1. The van der Waals surface area contributed by atoms with Gasteiger partial charge in [0.15, 0.2) is 5.82 Å². The lowest BCUT2D eigenvalue weighted by Gasteiger charge is -2.11. The monoisotopic (exact) mass is 433 g/mol. The van der Waals surface area contributed by atoms with Crippen LogP contribution in [0.25, 0.3) is 26.8 Å². The minimum Gasteiger partial charge on any atom is -0.510 e. The Morgan fingerprint density at radius 3 is 2.90 bits per heavy atom. The van der Waals surface area contributed by atoms with E-state index in [2.05, 4.69) is 26.0 Å². The molecule has 6 nitrogen and oxygen atoms in total. The van der Waals surface area contributed by atoms with Crippen molar-refractivity contribution in [2.45, 2.75) is 37.6 Å². The van der Waals surface area contributed by atoms with E-state index in [-0.39, 0.29) is 17.1 Å². The Bertz CT molecular complexity index is 1310. The molecule has 0 saturated carbocycles. The summed E-state index contributed by atoms with van der Waals surface area (Å²) in [6.45, 7) is 1.90. The average molecular weight is 434 g/mol. The number of allylic oxidation sites excluding steroid dienone is 1. The number of nitrogens with zero attached hydrogens (tertiary/aromatic N) is 4. The first-order chi connectivity index (χ1) is 14.6. The lowest BCUT2D eigenvalue weighted by atomic mass is 9.97. The molecule has 0 bridgehead atoms. The summed E-state index contributed by atoms with van der Waals surface area (Å²) in [5.74, 6) is 1.35. The van der Waals surface area contributed by atoms with Crippen molar-refractivity contribution in [3.05, 3.63) is 52.1 Å². The number of H-pyrrole nitrogens is 1. The zero-order valence-corrected chi connectivity index (χ0v) is 18.0. The summed E-state index contributed by atoms with van der Waals surface area (Å²) in [7, 11) is 0. The summed E-state index contributed by atoms with van der Waals surface area (Å²) in [5.41, 5.74) is 3.12. The molecule has 3 aromatic heterocycles. The van der Waals surface area contributed by atoms with Crippen LogP contribution in [0.1, 0.15) is 34.9 Å². The Morgan fingerprint density at radius 2 is 2.07 bits per heavy atom. The van der Waals surface area contributed by atoms with E-state index in [0.29, 0.717) is 5.82 Å². The highest BCUT2D eigenvalue weighted by molar-refractivity contribution is 7.99. The van der Waals surface area contributed by atoms with Crippen LogP contribution in [0.5, 0.6) is 0 Å². The van der Waals surface area contributed by atoms with E-state index < -0.39 is 0 Å². The number of para-hydroxylation sites is 2. The Balaban J connectivity index is 1.49. The van der Waals surface area contributed by atoms with Crippen LogP contribution < -0.4 is 0 Å². The summed E-state index contributed by atoms with van der Waals surface area (Å²) >= 11 is 3.22. The quantitative estimate of drug-likeness (QED) is 0.195. The highest BCUT2D eigenvalue weighted by Gasteiger charge is 2.21. The smallest absolute Gasteiger partial charge is 0.152 e. The second kappa shape index (κ2) is 7.74. The molecule has 150 valence electrons. The molecule has 1 aromatic carbocycles. The number of benzene rings is 1. The maximum absolute atomic E-state index is 10.7. The third kappa shape index (κ3) is 3.34. The van der Waals surface area contributed by atoms with E-state index in [0.717, 1.165) is 44.9 Å². The number of rotatable bonds is 4. The van der Waals surface area contributed by atoms with Crippen LogP contribution in [0.3, 0.4) is 0 Å². The van der Waals surface area contributed by atoms with E-state index >= 15 is 0 Å². The second-order valence-electron chi connectivity index (χ2n) is 7.29. The highest BCUT2D eigenvalue weighted by Crippen LogP contribution is 2.40. The molecule has 0 aliphatic heterocycles. The SMILES string of the molecule is Cc1nc(SCC(O)=C(C#N)c2nc3ccccc3[nH]2)c2c3c(sc2n1)CCCC3. The molecule has 30 heavy (non-hydrogen) atoms. The number of fused-ring (bicyclic) bond motifs is 4. The van der Waals surface area contributed by atoms with Crippen molar-refractivity contribution in [2.75, 3.05) is 5.75 Å². The van der Waals surface area contributed by atoms with Crippen LogP contribution in [-0.4, -0.2) is 30.8 Å². The Morgan fingerprint density at radius 1 is 1.23 bits per heavy atom. The lowest BCUT2D eigenvalue weighted by molar-refractivity contribution is 0.420.